The van der Waals surface area contributed by atoms with Crippen LogP contribution in [0.5, 0.6) is 0 Å². The third-order valence-corrected chi connectivity index (χ3v) is 3.55. The van der Waals surface area contributed by atoms with Crippen molar-refractivity contribution in [3.8, 4) is 0 Å². The molecule has 2 aromatic rings. The van der Waals surface area contributed by atoms with Crippen molar-refractivity contribution in [2.45, 2.75) is 33.0 Å². The average Bonchev–Trinajstić information content (AvgIpc) is 2.89. The molecule has 1 aromatic heterocycles. The molecule has 20 heavy (non-hydrogen) atoms. The van der Waals surface area contributed by atoms with Crippen LogP contribution in [0.15, 0.2) is 36.7 Å². The van der Waals surface area contributed by atoms with E-state index in [2.05, 4.69) is 51.4 Å². The lowest BCUT2D eigenvalue weighted by molar-refractivity contribution is 0.271. The number of hydrogen-bond donors (Lipinski definition) is 1. The summed E-state index contributed by atoms with van der Waals surface area (Å²) in [6, 6.07) is 8.63. The summed E-state index contributed by atoms with van der Waals surface area (Å²) in [5.41, 5.74) is 3.89. The van der Waals surface area contributed by atoms with E-state index in [1.807, 2.05) is 12.4 Å². The van der Waals surface area contributed by atoms with Crippen LogP contribution in [-0.4, -0.2) is 21.4 Å². The minimum Gasteiger partial charge on any atom is -0.369 e. The Labute approximate surface area is 119 Å². The topological polar surface area (TPSA) is 41.1 Å². The molecule has 0 aliphatic carbocycles. The zero-order chi connectivity index (χ0) is 13.8. The van der Waals surface area contributed by atoms with Crippen molar-refractivity contribution in [1.29, 1.82) is 0 Å². The van der Waals surface area contributed by atoms with E-state index in [9.17, 15) is 0 Å². The van der Waals surface area contributed by atoms with Crippen LogP contribution in [-0.2, 0) is 19.6 Å². The largest absolute Gasteiger partial charge is 0.369 e. The molecule has 1 aromatic carbocycles. The first kappa shape index (κ1) is 13.1. The van der Waals surface area contributed by atoms with Crippen molar-refractivity contribution in [2.75, 3.05) is 11.9 Å². The zero-order valence-electron chi connectivity index (χ0n) is 11.8. The predicted octanol–water partition coefficient (Wildman–Crippen LogP) is 2.81. The van der Waals surface area contributed by atoms with Gasteiger partial charge in [0.15, 0.2) is 0 Å². The van der Waals surface area contributed by atoms with E-state index >= 15 is 0 Å². The number of anilines is 1. The summed E-state index contributed by atoms with van der Waals surface area (Å²) in [6.45, 7) is 5.95. The van der Waals surface area contributed by atoms with E-state index < -0.39 is 0 Å². The molecular weight excluding hydrogens is 248 g/mol. The van der Waals surface area contributed by atoms with Gasteiger partial charge in [-0.25, -0.2) is 4.98 Å². The minimum atomic E-state index is 0.857. The summed E-state index contributed by atoms with van der Waals surface area (Å²) < 4.78 is 0. The zero-order valence-corrected chi connectivity index (χ0v) is 11.8. The molecule has 104 valence electrons. The van der Waals surface area contributed by atoms with Crippen LogP contribution >= 0.6 is 0 Å². The highest BCUT2D eigenvalue weighted by atomic mass is 15.1. The first-order chi connectivity index (χ1) is 9.85. The lowest BCUT2D eigenvalue weighted by atomic mass is 10.1. The Morgan fingerprint density at radius 1 is 1.10 bits per heavy atom. The fourth-order valence-corrected chi connectivity index (χ4v) is 2.53. The SMILES string of the molecule is CCCNc1cnc(CN2Cc3ccccc3C2)cn1. The maximum Gasteiger partial charge on any atom is 0.144 e. The van der Waals surface area contributed by atoms with Gasteiger partial charge in [-0.3, -0.25) is 9.88 Å². The highest BCUT2D eigenvalue weighted by Gasteiger charge is 2.18. The van der Waals surface area contributed by atoms with Crippen LogP contribution in [0.25, 0.3) is 0 Å². The van der Waals surface area contributed by atoms with E-state index in [4.69, 9.17) is 0 Å². The molecule has 4 nitrogen and oxygen atoms in total. The summed E-state index contributed by atoms with van der Waals surface area (Å²) in [4.78, 5) is 11.3. The smallest absolute Gasteiger partial charge is 0.144 e. The molecule has 1 N–H and O–H groups in total. The van der Waals surface area contributed by atoms with Crippen molar-refractivity contribution in [3.63, 3.8) is 0 Å². The van der Waals surface area contributed by atoms with Crippen molar-refractivity contribution < 1.29 is 0 Å². The Morgan fingerprint density at radius 2 is 1.85 bits per heavy atom. The summed E-state index contributed by atoms with van der Waals surface area (Å²) in [5, 5.41) is 3.24. The molecule has 2 heterocycles. The highest BCUT2D eigenvalue weighted by molar-refractivity contribution is 5.32. The second-order valence-electron chi connectivity index (χ2n) is 5.23. The summed E-state index contributed by atoms with van der Waals surface area (Å²) in [6.07, 6.45) is 4.80. The van der Waals surface area contributed by atoms with Gasteiger partial charge in [-0.2, -0.15) is 0 Å². The Kier molecular flexibility index (Phi) is 3.92. The minimum absolute atomic E-state index is 0.857. The van der Waals surface area contributed by atoms with Gasteiger partial charge in [0.05, 0.1) is 18.1 Å². The third-order valence-electron chi connectivity index (χ3n) is 3.55. The molecule has 0 saturated heterocycles. The van der Waals surface area contributed by atoms with Gasteiger partial charge < -0.3 is 5.32 Å². The molecule has 0 fully saturated rings. The van der Waals surface area contributed by atoms with Crippen molar-refractivity contribution in [3.05, 3.63) is 53.5 Å². The molecule has 1 aliphatic rings. The van der Waals surface area contributed by atoms with E-state index in [1.165, 1.54) is 11.1 Å². The van der Waals surface area contributed by atoms with Gasteiger partial charge in [-0.1, -0.05) is 31.2 Å². The fraction of sp³-hybridized carbons (Fsp3) is 0.375. The van der Waals surface area contributed by atoms with E-state index in [-0.39, 0.29) is 0 Å². The van der Waals surface area contributed by atoms with E-state index in [1.54, 1.807) is 0 Å². The number of fused-ring (bicyclic) bond motifs is 1. The Hall–Kier alpha value is -1.94. The van der Waals surface area contributed by atoms with Crippen LogP contribution in [0.1, 0.15) is 30.2 Å². The van der Waals surface area contributed by atoms with Crippen molar-refractivity contribution in [1.82, 2.24) is 14.9 Å². The maximum absolute atomic E-state index is 4.49. The summed E-state index contributed by atoms with van der Waals surface area (Å²) >= 11 is 0. The molecule has 0 saturated carbocycles. The predicted molar refractivity (Wildman–Crippen MR) is 80.2 cm³/mol. The molecular formula is C16H20N4. The monoisotopic (exact) mass is 268 g/mol. The van der Waals surface area contributed by atoms with Gasteiger partial charge in [0.2, 0.25) is 0 Å². The first-order valence-corrected chi connectivity index (χ1v) is 7.19. The molecule has 1 aliphatic heterocycles. The number of aromatic nitrogens is 2. The second-order valence-corrected chi connectivity index (χ2v) is 5.23. The van der Waals surface area contributed by atoms with Gasteiger partial charge in [0, 0.05) is 26.2 Å². The Morgan fingerprint density at radius 3 is 2.45 bits per heavy atom. The van der Waals surface area contributed by atoms with Crippen LogP contribution in [0, 0.1) is 0 Å². The number of benzene rings is 1. The summed E-state index contributed by atoms with van der Waals surface area (Å²) in [5.74, 6) is 0.861. The normalized spacial score (nSPS) is 14.2. The van der Waals surface area contributed by atoms with Gasteiger partial charge in [0.25, 0.3) is 0 Å². The average molecular weight is 268 g/mol. The lowest BCUT2D eigenvalue weighted by Crippen LogP contribution is -2.16. The number of hydrogen-bond acceptors (Lipinski definition) is 4. The number of nitrogens with zero attached hydrogens (tertiary/aromatic N) is 3. The number of nitrogens with one attached hydrogen (secondary N) is 1. The first-order valence-electron chi connectivity index (χ1n) is 7.19. The maximum atomic E-state index is 4.49. The molecule has 0 radical (unpaired) electrons. The lowest BCUT2D eigenvalue weighted by Gasteiger charge is -2.14. The van der Waals surface area contributed by atoms with E-state index in [0.717, 1.165) is 44.1 Å². The molecule has 0 atom stereocenters. The van der Waals surface area contributed by atoms with Crippen molar-refractivity contribution in [2.24, 2.45) is 0 Å². The molecule has 0 unspecified atom stereocenters. The molecule has 0 bridgehead atoms. The Bertz CT molecular complexity index is 540. The van der Waals surface area contributed by atoms with Crippen LogP contribution in [0.4, 0.5) is 5.82 Å². The highest BCUT2D eigenvalue weighted by Crippen LogP contribution is 2.23. The van der Waals surface area contributed by atoms with Crippen LogP contribution in [0.2, 0.25) is 0 Å². The molecule has 3 rings (SSSR count). The third kappa shape index (κ3) is 2.96. The van der Waals surface area contributed by atoms with Crippen LogP contribution < -0.4 is 5.32 Å². The molecule has 0 spiro atoms. The molecule has 0 amide bonds. The van der Waals surface area contributed by atoms with Gasteiger partial charge in [-0.15, -0.1) is 0 Å². The molecule has 4 heteroatoms. The van der Waals surface area contributed by atoms with Crippen LogP contribution in [0.3, 0.4) is 0 Å². The van der Waals surface area contributed by atoms with E-state index in [0.29, 0.717) is 0 Å². The summed E-state index contributed by atoms with van der Waals surface area (Å²) in [7, 11) is 0. The van der Waals surface area contributed by atoms with Crippen molar-refractivity contribution >= 4 is 5.82 Å². The van der Waals surface area contributed by atoms with Gasteiger partial charge in [0.1, 0.15) is 5.82 Å². The second kappa shape index (κ2) is 6.01. The standard InChI is InChI=1S/C16H20N4/c1-2-7-17-16-9-18-15(8-19-16)12-20-10-13-5-3-4-6-14(13)11-20/h3-6,8-9H,2,7,10-12H2,1H3,(H,17,19). The van der Waals surface area contributed by atoms with Gasteiger partial charge in [-0.05, 0) is 17.5 Å². The van der Waals surface area contributed by atoms with Gasteiger partial charge >= 0.3 is 0 Å². The fourth-order valence-electron chi connectivity index (χ4n) is 2.53. The number of rotatable bonds is 5. The quantitative estimate of drug-likeness (QED) is 0.905. The Balaban J connectivity index is 1.59.